The van der Waals surface area contributed by atoms with Crippen LogP contribution >= 0.6 is 53.3 Å². The van der Waals surface area contributed by atoms with Crippen LogP contribution in [-0.4, -0.2) is 42.3 Å². The SMILES string of the molecule is O=C1CC[C@H](c2cccc(Cl)c2)[C@]2(C(=O)N(COCCSI)c3cc(Cl)ccc32)N1CC1CC1. The van der Waals surface area contributed by atoms with Crippen molar-refractivity contribution in [3.05, 3.63) is 63.6 Å². The summed E-state index contributed by atoms with van der Waals surface area (Å²) >= 11 is 15.0. The smallest absolute Gasteiger partial charge is 0.260 e. The van der Waals surface area contributed by atoms with Gasteiger partial charge in [0.1, 0.15) is 6.73 Å². The summed E-state index contributed by atoms with van der Waals surface area (Å²) in [6.45, 7) is 1.24. The number of likely N-dealkylation sites (tertiary alicyclic amines) is 1. The molecule has 0 unspecified atom stereocenters. The van der Waals surface area contributed by atoms with E-state index in [0.717, 1.165) is 35.4 Å². The van der Waals surface area contributed by atoms with Crippen molar-refractivity contribution in [3.63, 3.8) is 0 Å². The zero-order chi connectivity index (χ0) is 23.9. The number of nitrogens with zero attached hydrogens (tertiary/aromatic N) is 2. The number of hydrogen-bond donors (Lipinski definition) is 0. The lowest BCUT2D eigenvalue weighted by Crippen LogP contribution is -2.61. The minimum atomic E-state index is -1.14. The number of halogens is 3. The fourth-order valence-corrected chi connectivity index (χ4v) is 6.47. The second-order valence-electron chi connectivity index (χ2n) is 9.11. The van der Waals surface area contributed by atoms with E-state index in [2.05, 4.69) is 21.2 Å². The molecule has 2 aromatic rings. The van der Waals surface area contributed by atoms with Crippen molar-refractivity contribution < 1.29 is 14.3 Å². The molecule has 0 bridgehead atoms. The van der Waals surface area contributed by atoms with E-state index in [-0.39, 0.29) is 24.5 Å². The summed E-state index contributed by atoms with van der Waals surface area (Å²) in [7, 11) is 1.66. The molecule has 9 heteroatoms. The van der Waals surface area contributed by atoms with Gasteiger partial charge in [0.15, 0.2) is 5.54 Å². The topological polar surface area (TPSA) is 49.9 Å². The highest BCUT2D eigenvalue weighted by Crippen LogP contribution is 2.57. The van der Waals surface area contributed by atoms with Crippen LogP contribution in [0.4, 0.5) is 5.69 Å². The molecule has 0 radical (unpaired) electrons. The van der Waals surface area contributed by atoms with Gasteiger partial charge in [0.2, 0.25) is 5.91 Å². The van der Waals surface area contributed by atoms with Crippen LogP contribution in [0.25, 0.3) is 0 Å². The molecule has 34 heavy (non-hydrogen) atoms. The lowest BCUT2D eigenvalue weighted by Gasteiger charge is -2.49. The molecular weight excluding hydrogens is 606 g/mol. The fourth-order valence-electron chi connectivity index (χ4n) is 5.38. The summed E-state index contributed by atoms with van der Waals surface area (Å²) in [5.74, 6) is 0.959. The van der Waals surface area contributed by atoms with Crippen molar-refractivity contribution in [2.45, 2.75) is 37.1 Å². The third kappa shape index (κ3) is 4.36. The Morgan fingerprint density at radius 2 is 1.88 bits per heavy atom. The number of ether oxygens (including phenoxy) is 1. The number of carbonyl (C=O) groups is 2. The molecule has 3 aliphatic rings. The summed E-state index contributed by atoms with van der Waals surface area (Å²) < 4.78 is 5.89. The number of piperidine rings is 1. The molecule has 1 spiro atoms. The van der Waals surface area contributed by atoms with Crippen LogP contribution in [0.1, 0.15) is 42.7 Å². The predicted octanol–water partition coefficient (Wildman–Crippen LogP) is 6.41. The average molecular weight is 631 g/mol. The molecule has 2 aliphatic heterocycles. The Bertz CT molecular complexity index is 1120. The van der Waals surface area contributed by atoms with E-state index in [1.165, 1.54) is 0 Å². The summed E-state index contributed by atoms with van der Waals surface area (Å²) in [5.41, 5.74) is 1.39. The lowest BCUT2D eigenvalue weighted by molar-refractivity contribution is -0.154. The molecule has 1 saturated heterocycles. The Morgan fingerprint density at radius 1 is 1.09 bits per heavy atom. The normalized spacial score (nSPS) is 24.3. The highest BCUT2D eigenvalue weighted by Gasteiger charge is 2.63. The van der Waals surface area contributed by atoms with Crippen LogP contribution < -0.4 is 4.90 Å². The lowest BCUT2D eigenvalue weighted by atomic mass is 9.69. The van der Waals surface area contributed by atoms with E-state index in [9.17, 15) is 9.59 Å². The Kier molecular flexibility index (Phi) is 7.38. The molecule has 2 aromatic carbocycles. The van der Waals surface area contributed by atoms with Crippen LogP contribution in [-0.2, 0) is 19.9 Å². The van der Waals surface area contributed by atoms with E-state index in [1.807, 2.05) is 47.4 Å². The first-order valence-electron chi connectivity index (χ1n) is 11.5. The second kappa shape index (κ2) is 10.2. The van der Waals surface area contributed by atoms with Crippen LogP contribution in [0.2, 0.25) is 10.0 Å². The number of rotatable bonds is 8. The van der Waals surface area contributed by atoms with Gasteiger partial charge in [-0.2, -0.15) is 0 Å². The molecule has 0 aromatic heterocycles. The van der Waals surface area contributed by atoms with E-state index < -0.39 is 5.54 Å². The van der Waals surface area contributed by atoms with Gasteiger partial charge in [0.05, 0.1) is 12.3 Å². The zero-order valence-corrected chi connectivity index (χ0v) is 23.0. The van der Waals surface area contributed by atoms with E-state index in [0.29, 0.717) is 42.0 Å². The Labute approximate surface area is 226 Å². The minimum Gasteiger partial charge on any atom is -0.360 e. The van der Waals surface area contributed by atoms with Crippen LogP contribution in [0.15, 0.2) is 42.5 Å². The van der Waals surface area contributed by atoms with Crippen molar-refractivity contribution in [1.29, 1.82) is 0 Å². The molecule has 2 amide bonds. The molecule has 180 valence electrons. The molecule has 1 saturated carbocycles. The van der Waals surface area contributed by atoms with Gasteiger partial charge in [0, 0.05) is 40.2 Å². The maximum Gasteiger partial charge on any atom is 0.260 e. The monoisotopic (exact) mass is 630 g/mol. The van der Waals surface area contributed by atoms with Crippen LogP contribution in [0, 0.1) is 5.92 Å². The van der Waals surface area contributed by atoms with Crippen LogP contribution in [0.5, 0.6) is 0 Å². The van der Waals surface area contributed by atoms with E-state index in [1.54, 1.807) is 13.8 Å². The summed E-state index contributed by atoms with van der Waals surface area (Å²) in [4.78, 5) is 31.5. The number of anilines is 1. The molecule has 5 rings (SSSR count). The van der Waals surface area contributed by atoms with Gasteiger partial charge in [-0.3, -0.25) is 14.5 Å². The third-order valence-corrected chi connectivity index (χ3v) is 9.14. The predicted molar refractivity (Wildman–Crippen MR) is 146 cm³/mol. The Balaban J connectivity index is 1.67. The first-order valence-corrected chi connectivity index (χ1v) is 15.7. The second-order valence-corrected chi connectivity index (χ2v) is 12.5. The Hall–Kier alpha value is -1.00. The first-order chi connectivity index (χ1) is 16.5. The summed E-state index contributed by atoms with van der Waals surface area (Å²) in [6.07, 6.45) is 3.16. The minimum absolute atomic E-state index is 0.0310. The van der Waals surface area contributed by atoms with Crippen molar-refractivity contribution >= 4 is 70.8 Å². The number of amides is 2. The molecule has 0 N–H and O–H groups in total. The fraction of sp³-hybridized carbons (Fsp3) is 0.440. The van der Waals surface area contributed by atoms with Gasteiger partial charge >= 0.3 is 0 Å². The van der Waals surface area contributed by atoms with Crippen molar-refractivity contribution in [3.8, 4) is 0 Å². The molecule has 5 nitrogen and oxygen atoms in total. The van der Waals surface area contributed by atoms with E-state index >= 15 is 0 Å². The standard InChI is InChI=1S/C25H25Cl2IN2O3S/c26-18-3-1-2-17(12-18)20-8-9-23(31)30(14-16-4-5-16)25(20)21-7-6-19(27)13-22(21)29(24(25)32)15-33-10-11-34-28/h1-3,6-7,12-13,16,20H,4-5,8-11,14-15H2/t20-,25+/m1/s1. The quantitative estimate of drug-likeness (QED) is 0.250. The van der Waals surface area contributed by atoms with Gasteiger partial charge in [-0.1, -0.05) is 50.3 Å². The Morgan fingerprint density at radius 3 is 2.62 bits per heavy atom. The van der Waals surface area contributed by atoms with Crippen LogP contribution in [0.3, 0.4) is 0 Å². The number of fused-ring (bicyclic) bond motifs is 2. The molecular formula is C25H25Cl2IN2O3S. The third-order valence-electron chi connectivity index (χ3n) is 7.02. The highest BCUT2D eigenvalue weighted by atomic mass is 127. The molecule has 2 atom stereocenters. The average Bonchev–Trinajstić information content (AvgIpc) is 3.61. The van der Waals surface area contributed by atoms with Gasteiger partial charge in [-0.25, -0.2) is 0 Å². The van der Waals surface area contributed by atoms with Crippen molar-refractivity contribution in [2.75, 3.05) is 30.5 Å². The number of carbonyl (C=O) groups excluding carboxylic acids is 2. The van der Waals surface area contributed by atoms with Gasteiger partial charge in [0.25, 0.3) is 5.91 Å². The largest absolute Gasteiger partial charge is 0.360 e. The van der Waals surface area contributed by atoms with Gasteiger partial charge in [-0.15, -0.1) is 0 Å². The first kappa shape index (κ1) is 24.7. The van der Waals surface area contributed by atoms with Crippen molar-refractivity contribution in [2.24, 2.45) is 5.92 Å². The van der Waals surface area contributed by atoms with Gasteiger partial charge in [-0.05, 0) is 76.2 Å². The maximum absolute atomic E-state index is 14.5. The molecule has 2 heterocycles. The van der Waals surface area contributed by atoms with E-state index in [4.69, 9.17) is 27.9 Å². The highest BCUT2D eigenvalue weighted by molar-refractivity contribution is 14.2. The number of hydrogen-bond acceptors (Lipinski definition) is 4. The maximum atomic E-state index is 14.5. The zero-order valence-electron chi connectivity index (χ0n) is 18.5. The number of benzene rings is 2. The summed E-state index contributed by atoms with van der Waals surface area (Å²) in [6, 6.07) is 13.3. The van der Waals surface area contributed by atoms with Gasteiger partial charge < -0.3 is 9.64 Å². The van der Waals surface area contributed by atoms with Crippen molar-refractivity contribution in [1.82, 2.24) is 4.90 Å². The summed E-state index contributed by atoms with van der Waals surface area (Å²) in [5, 5.41) is 1.17. The molecule has 2 fully saturated rings. The molecule has 1 aliphatic carbocycles.